The number of phenols is 1. The van der Waals surface area contributed by atoms with Gasteiger partial charge in [-0.05, 0) is 24.3 Å². The molecule has 0 bridgehead atoms. The summed E-state index contributed by atoms with van der Waals surface area (Å²) in [6, 6.07) is 8.74. The average Bonchev–Trinajstić information content (AvgIpc) is 3.02. The minimum Gasteiger partial charge on any atom is -0.506 e. The number of aromatic hydroxyl groups is 1. The maximum atomic E-state index is 12.2. The lowest BCUT2D eigenvalue weighted by atomic mass is 10.2. The van der Waals surface area contributed by atoms with Crippen LogP contribution in [0.25, 0.3) is 10.1 Å². The summed E-state index contributed by atoms with van der Waals surface area (Å²) < 4.78 is 0.740. The van der Waals surface area contributed by atoms with E-state index in [0.29, 0.717) is 15.3 Å². The van der Waals surface area contributed by atoms with Crippen LogP contribution in [0.4, 0.5) is 5.69 Å². The van der Waals surface area contributed by atoms with Gasteiger partial charge in [0.1, 0.15) is 5.75 Å². The normalized spacial score (nSPS) is 11.2. The lowest BCUT2D eigenvalue weighted by molar-refractivity contribution is -0.384. The van der Waals surface area contributed by atoms with Gasteiger partial charge in [0.25, 0.3) is 11.6 Å². The number of hydrazone groups is 1. The highest BCUT2D eigenvalue weighted by Crippen LogP contribution is 2.30. The van der Waals surface area contributed by atoms with Crippen LogP contribution in [0.3, 0.4) is 0 Å². The Morgan fingerprint density at radius 2 is 2.04 bits per heavy atom. The van der Waals surface area contributed by atoms with Crippen molar-refractivity contribution in [3.8, 4) is 5.75 Å². The highest BCUT2D eigenvalue weighted by molar-refractivity contribution is 7.20. The molecule has 2 N–H and O–H groups in total. The maximum absolute atomic E-state index is 12.2. The molecule has 0 spiro atoms. The Balaban J connectivity index is 1.78. The standard InChI is InChI=1S/C16H9Cl2N3O4S/c17-10-3-9(15(22)12(18)6-10)7-19-20-16(23)14-5-8-4-11(21(24)25)1-2-13(8)26-14/h1-7,22H,(H,20,23)/b19-7-. The molecule has 0 unspecified atom stereocenters. The molecule has 1 heterocycles. The van der Waals surface area contributed by atoms with Crippen LogP contribution in [0.15, 0.2) is 41.5 Å². The Bertz CT molecular complexity index is 1070. The van der Waals surface area contributed by atoms with Gasteiger partial charge in [0.15, 0.2) is 0 Å². The zero-order valence-corrected chi connectivity index (χ0v) is 15.1. The molecular weight excluding hydrogens is 401 g/mol. The first kappa shape index (κ1) is 18.1. The molecular formula is C16H9Cl2N3O4S. The second-order valence-corrected chi connectivity index (χ2v) is 7.04. The first-order chi connectivity index (χ1) is 12.3. The Morgan fingerprint density at radius 1 is 1.27 bits per heavy atom. The van der Waals surface area contributed by atoms with Crippen LogP contribution in [0.2, 0.25) is 10.0 Å². The number of fused-ring (bicyclic) bond motifs is 1. The first-order valence-electron chi connectivity index (χ1n) is 7.04. The van der Waals surface area contributed by atoms with Gasteiger partial charge in [-0.1, -0.05) is 23.2 Å². The van der Waals surface area contributed by atoms with E-state index < -0.39 is 10.8 Å². The van der Waals surface area contributed by atoms with Gasteiger partial charge in [0, 0.05) is 32.8 Å². The number of carbonyl (C=O) groups is 1. The number of rotatable bonds is 4. The van der Waals surface area contributed by atoms with Gasteiger partial charge in [0.05, 0.1) is 21.0 Å². The van der Waals surface area contributed by atoms with E-state index >= 15 is 0 Å². The Morgan fingerprint density at radius 3 is 2.77 bits per heavy atom. The van der Waals surface area contributed by atoms with E-state index in [-0.39, 0.29) is 22.0 Å². The quantitative estimate of drug-likeness (QED) is 0.373. The van der Waals surface area contributed by atoms with Crippen molar-refractivity contribution in [2.45, 2.75) is 0 Å². The van der Waals surface area contributed by atoms with Gasteiger partial charge in [-0.2, -0.15) is 5.10 Å². The molecule has 0 aliphatic heterocycles. The number of hydrogen-bond acceptors (Lipinski definition) is 6. The van der Waals surface area contributed by atoms with Gasteiger partial charge in [-0.25, -0.2) is 5.43 Å². The van der Waals surface area contributed by atoms with Crippen molar-refractivity contribution in [2.24, 2.45) is 5.10 Å². The predicted molar refractivity (Wildman–Crippen MR) is 102 cm³/mol. The fraction of sp³-hybridized carbons (Fsp3) is 0. The number of phenolic OH excluding ortho intramolecular Hbond substituents is 1. The number of carbonyl (C=O) groups excluding carboxylic acids is 1. The molecule has 3 aromatic rings. The Hall–Kier alpha value is -2.68. The van der Waals surface area contributed by atoms with Gasteiger partial charge >= 0.3 is 0 Å². The molecule has 2 aromatic carbocycles. The largest absolute Gasteiger partial charge is 0.506 e. The Labute approximate surface area is 160 Å². The summed E-state index contributed by atoms with van der Waals surface area (Å²) in [5.74, 6) is -0.694. The molecule has 1 amide bonds. The summed E-state index contributed by atoms with van der Waals surface area (Å²) in [4.78, 5) is 22.8. The summed E-state index contributed by atoms with van der Waals surface area (Å²) in [6.45, 7) is 0. The minimum atomic E-state index is -0.496. The number of nitrogens with zero attached hydrogens (tertiary/aromatic N) is 2. The third-order valence-corrected chi connectivity index (χ3v) is 4.98. The highest BCUT2D eigenvalue weighted by atomic mass is 35.5. The highest BCUT2D eigenvalue weighted by Gasteiger charge is 2.13. The van der Waals surface area contributed by atoms with Crippen molar-refractivity contribution < 1.29 is 14.8 Å². The number of nitro groups is 1. The van der Waals surface area contributed by atoms with Crippen molar-refractivity contribution in [1.82, 2.24) is 5.43 Å². The molecule has 132 valence electrons. The molecule has 0 aliphatic rings. The maximum Gasteiger partial charge on any atom is 0.281 e. The fourth-order valence-electron chi connectivity index (χ4n) is 2.16. The monoisotopic (exact) mass is 409 g/mol. The summed E-state index contributed by atoms with van der Waals surface area (Å²) in [5, 5.41) is 25.4. The molecule has 0 fully saturated rings. The molecule has 7 nitrogen and oxygen atoms in total. The molecule has 0 radical (unpaired) electrons. The number of thiophene rings is 1. The van der Waals surface area contributed by atoms with E-state index in [2.05, 4.69) is 10.5 Å². The lowest BCUT2D eigenvalue weighted by Crippen LogP contribution is -2.16. The van der Waals surface area contributed by atoms with E-state index in [0.717, 1.165) is 4.70 Å². The van der Waals surface area contributed by atoms with E-state index in [1.165, 1.54) is 41.8 Å². The van der Waals surface area contributed by atoms with Gasteiger partial charge in [-0.15, -0.1) is 11.3 Å². The SMILES string of the molecule is O=C(N/N=C\c1cc(Cl)cc(Cl)c1O)c1cc2cc([N+](=O)[O-])ccc2s1. The smallest absolute Gasteiger partial charge is 0.281 e. The van der Waals surface area contributed by atoms with Gasteiger partial charge < -0.3 is 5.11 Å². The van der Waals surface area contributed by atoms with Crippen LogP contribution in [0.5, 0.6) is 5.75 Å². The second kappa shape index (κ2) is 7.28. The summed E-state index contributed by atoms with van der Waals surface area (Å²) in [5.41, 5.74) is 2.52. The summed E-state index contributed by atoms with van der Waals surface area (Å²) in [7, 11) is 0. The summed E-state index contributed by atoms with van der Waals surface area (Å²) >= 11 is 12.8. The molecule has 0 saturated carbocycles. The number of nitro benzene ring substituents is 1. The zero-order chi connectivity index (χ0) is 18.8. The van der Waals surface area contributed by atoms with Crippen molar-refractivity contribution in [1.29, 1.82) is 0 Å². The van der Waals surface area contributed by atoms with Crippen LogP contribution in [0.1, 0.15) is 15.2 Å². The van der Waals surface area contributed by atoms with E-state index in [1.807, 2.05) is 0 Å². The third kappa shape index (κ3) is 3.77. The predicted octanol–water partition coefficient (Wildman–Crippen LogP) is 4.59. The number of amides is 1. The molecule has 10 heteroatoms. The molecule has 0 aliphatic carbocycles. The number of benzene rings is 2. The van der Waals surface area contributed by atoms with Gasteiger partial charge in [-0.3, -0.25) is 14.9 Å². The van der Waals surface area contributed by atoms with Crippen molar-refractivity contribution >= 4 is 62.4 Å². The number of nitrogens with one attached hydrogen (secondary N) is 1. The fourth-order valence-corrected chi connectivity index (χ4v) is 3.60. The number of halogens is 2. The zero-order valence-electron chi connectivity index (χ0n) is 12.8. The van der Waals surface area contributed by atoms with E-state index in [1.54, 1.807) is 12.1 Å². The minimum absolute atomic E-state index is 0.0476. The van der Waals surface area contributed by atoms with E-state index in [4.69, 9.17) is 23.2 Å². The van der Waals surface area contributed by atoms with Crippen LogP contribution in [0, 0.1) is 10.1 Å². The molecule has 3 rings (SSSR count). The third-order valence-electron chi connectivity index (χ3n) is 3.36. The topological polar surface area (TPSA) is 105 Å². The number of non-ortho nitro benzene ring substituents is 1. The summed E-state index contributed by atoms with van der Waals surface area (Å²) in [6.07, 6.45) is 1.21. The van der Waals surface area contributed by atoms with E-state index in [9.17, 15) is 20.0 Å². The van der Waals surface area contributed by atoms with Gasteiger partial charge in [0.2, 0.25) is 0 Å². The molecule has 26 heavy (non-hydrogen) atoms. The Kier molecular flexibility index (Phi) is 5.08. The van der Waals surface area contributed by atoms with Crippen LogP contribution in [-0.2, 0) is 0 Å². The average molecular weight is 410 g/mol. The second-order valence-electron chi connectivity index (χ2n) is 5.11. The van der Waals surface area contributed by atoms with Crippen molar-refractivity contribution in [3.63, 3.8) is 0 Å². The molecule has 0 saturated heterocycles. The molecule has 1 aromatic heterocycles. The van der Waals surface area contributed by atoms with Crippen molar-refractivity contribution in [3.05, 3.63) is 67.0 Å². The van der Waals surface area contributed by atoms with Crippen LogP contribution < -0.4 is 5.43 Å². The molecule has 0 atom stereocenters. The van der Waals surface area contributed by atoms with Crippen LogP contribution in [-0.4, -0.2) is 22.2 Å². The first-order valence-corrected chi connectivity index (χ1v) is 8.62. The van der Waals surface area contributed by atoms with Crippen molar-refractivity contribution in [2.75, 3.05) is 0 Å². The number of hydrogen-bond donors (Lipinski definition) is 2. The van der Waals surface area contributed by atoms with Crippen LogP contribution >= 0.6 is 34.5 Å². The lowest BCUT2D eigenvalue weighted by Gasteiger charge is -2.02.